The summed E-state index contributed by atoms with van der Waals surface area (Å²) in [5.74, 6) is 1.60. The Hall–Kier alpha value is -3.58. The number of aromatic nitrogens is 5. The molecule has 0 fully saturated rings. The summed E-state index contributed by atoms with van der Waals surface area (Å²) in [6.07, 6.45) is 10.4. The van der Waals surface area contributed by atoms with Crippen LogP contribution in [0.15, 0.2) is 73.3 Å². The van der Waals surface area contributed by atoms with Crippen molar-refractivity contribution in [3.8, 4) is 17.6 Å². The summed E-state index contributed by atoms with van der Waals surface area (Å²) in [5.41, 5.74) is 3.72. The summed E-state index contributed by atoms with van der Waals surface area (Å²) >= 11 is 0. The van der Waals surface area contributed by atoms with Crippen LogP contribution >= 0.6 is 0 Å². The molecule has 0 radical (unpaired) electrons. The molecule has 1 N–H and O–H groups in total. The van der Waals surface area contributed by atoms with Crippen LogP contribution in [0, 0.1) is 0 Å². The van der Waals surface area contributed by atoms with Crippen LogP contribution in [-0.4, -0.2) is 24.7 Å². The molecule has 3 aromatic heterocycles. The van der Waals surface area contributed by atoms with Crippen molar-refractivity contribution < 1.29 is 4.74 Å². The monoisotopic (exact) mass is 398 g/mol. The SMILES string of the molecule is c1ccc(-n2ncc3c2CCC[C@@H]3NCc2ccc(Oc3ncccn3)cc2)nc1. The largest absolute Gasteiger partial charge is 0.424 e. The molecule has 1 atom stereocenters. The molecule has 0 saturated carbocycles. The molecule has 150 valence electrons. The first-order chi connectivity index (χ1) is 14.9. The zero-order valence-electron chi connectivity index (χ0n) is 16.5. The topological polar surface area (TPSA) is 77.8 Å². The lowest BCUT2D eigenvalue weighted by Gasteiger charge is -2.24. The van der Waals surface area contributed by atoms with Crippen LogP contribution in [0.4, 0.5) is 0 Å². The minimum Gasteiger partial charge on any atom is -0.424 e. The quantitative estimate of drug-likeness (QED) is 0.529. The first-order valence-corrected chi connectivity index (χ1v) is 10.1. The third kappa shape index (κ3) is 3.92. The number of nitrogens with one attached hydrogen (secondary N) is 1. The van der Waals surface area contributed by atoms with E-state index in [1.807, 2.05) is 41.2 Å². The van der Waals surface area contributed by atoms with Crippen molar-refractivity contribution in [2.45, 2.75) is 31.8 Å². The summed E-state index contributed by atoms with van der Waals surface area (Å²) in [6, 6.07) is 16.3. The van der Waals surface area contributed by atoms with Crippen LogP contribution in [-0.2, 0) is 13.0 Å². The van der Waals surface area contributed by atoms with Gasteiger partial charge in [0.1, 0.15) is 5.75 Å². The van der Waals surface area contributed by atoms with Crippen LogP contribution in [0.3, 0.4) is 0 Å². The molecule has 0 aliphatic heterocycles. The highest BCUT2D eigenvalue weighted by atomic mass is 16.5. The lowest BCUT2D eigenvalue weighted by atomic mass is 9.92. The van der Waals surface area contributed by atoms with Gasteiger partial charge in [-0.05, 0) is 55.2 Å². The molecule has 7 nitrogen and oxygen atoms in total. The van der Waals surface area contributed by atoms with Crippen LogP contribution < -0.4 is 10.1 Å². The van der Waals surface area contributed by atoms with E-state index in [1.165, 1.54) is 16.8 Å². The fourth-order valence-electron chi connectivity index (χ4n) is 3.81. The maximum absolute atomic E-state index is 5.66. The molecular formula is C23H22N6O. The Morgan fingerprint density at radius 1 is 0.967 bits per heavy atom. The summed E-state index contributed by atoms with van der Waals surface area (Å²) in [6.45, 7) is 0.779. The average Bonchev–Trinajstić information content (AvgIpc) is 3.25. The number of fused-ring (bicyclic) bond motifs is 1. The zero-order chi connectivity index (χ0) is 20.2. The van der Waals surface area contributed by atoms with E-state index >= 15 is 0 Å². The molecule has 5 rings (SSSR count). The second-order valence-corrected chi connectivity index (χ2v) is 7.25. The van der Waals surface area contributed by atoms with E-state index in [0.29, 0.717) is 12.1 Å². The zero-order valence-corrected chi connectivity index (χ0v) is 16.5. The summed E-state index contributed by atoms with van der Waals surface area (Å²) in [4.78, 5) is 12.6. The fraction of sp³-hybridized carbons (Fsp3) is 0.217. The Labute approximate surface area is 174 Å². The van der Waals surface area contributed by atoms with Crippen molar-refractivity contribution in [3.63, 3.8) is 0 Å². The number of hydrogen-bond acceptors (Lipinski definition) is 6. The predicted octanol–water partition coefficient (Wildman–Crippen LogP) is 4.02. The molecule has 1 aliphatic rings. The molecule has 3 heterocycles. The van der Waals surface area contributed by atoms with E-state index in [9.17, 15) is 0 Å². The Morgan fingerprint density at radius 3 is 2.60 bits per heavy atom. The van der Waals surface area contributed by atoms with Crippen LogP contribution in [0.5, 0.6) is 11.8 Å². The van der Waals surface area contributed by atoms with Gasteiger partial charge >= 0.3 is 6.01 Å². The van der Waals surface area contributed by atoms with Crippen molar-refractivity contribution >= 4 is 0 Å². The number of benzene rings is 1. The van der Waals surface area contributed by atoms with Crippen LogP contribution in [0.1, 0.15) is 35.7 Å². The van der Waals surface area contributed by atoms with Gasteiger partial charge in [0.05, 0.1) is 11.9 Å². The second kappa shape index (κ2) is 8.42. The normalized spacial score (nSPS) is 15.5. The third-order valence-electron chi connectivity index (χ3n) is 5.28. The van der Waals surface area contributed by atoms with Gasteiger partial charge < -0.3 is 10.1 Å². The molecule has 30 heavy (non-hydrogen) atoms. The van der Waals surface area contributed by atoms with Gasteiger partial charge in [0.25, 0.3) is 0 Å². The number of ether oxygens (including phenoxy) is 1. The third-order valence-corrected chi connectivity index (χ3v) is 5.28. The molecule has 0 bridgehead atoms. The van der Waals surface area contributed by atoms with Crippen LogP contribution in [0.2, 0.25) is 0 Å². The maximum Gasteiger partial charge on any atom is 0.321 e. The molecule has 0 unspecified atom stereocenters. The van der Waals surface area contributed by atoms with E-state index in [4.69, 9.17) is 4.74 Å². The van der Waals surface area contributed by atoms with E-state index in [-0.39, 0.29) is 0 Å². The van der Waals surface area contributed by atoms with Gasteiger partial charge in [-0.2, -0.15) is 5.10 Å². The molecule has 0 saturated heterocycles. The minimum absolute atomic E-state index is 0.292. The van der Waals surface area contributed by atoms with Crippen molar-refractivity contribution in [1.29, 1.82) is 0 Å². The Kier molecular flexibility index (Phi) is 5.18. The van der Waals surface area contributed by atoms with Gasteiger partial charge in [0, 0.05) is 36.7 Å². The van der Waals surface area contributed by atoms with Gasteiger partial charge in [-0.25, -0.2) is 19.6 Å². The molecule has 1 aromatic carbocycles. The van der Waals surface area contributed by atoms with Gasteiger partial charge in [0.2, 0.25) is 0 Å². The van der Waals surface area contributed by atoms with Crippen molar-refractivity contribution in [2.24, 2.45) is 0 Å². The Balaban J connectivity index is 1.25. The Morgan fingerprint density at radius 2 is 1.80 bits per heavy atom. The highest BCUT2D eigenvalue weighted by molar-refractivity contribution is 5.33. The van der Waals surface area contributed by atoms with Gasteiger partial charge in [-0.3, -0.25) is 0 Å². The van der Waals surface area contributed by atoms with E-state index in [0.717, 1.165) is 37.4 Å². The summed E-state index contributed by atoms with van der Waals surface area (Å²) in [5, 5.41) is 8.30. The highest BCUT2D eigenvalue weighted by Crippen LogP contribution is 2.31. The highest BCUT2D eigenvalue weighted by Gasteiger charge is 2.24. The average molecular weight is 398 g/mol. The summed E-state index contributed by atoms with van der Waals surface area (Å²) in [7, 11) is 0. The lowest BCUT2D eigenvalue weighted by Crippen LogP contribution is -2.25. The fourth-order valence-corrected chi connectivity index (χ4v) is 3.81. The number of rotatable bonds is 6. The molecular weight excluding hydrogens is 376 g/mol. The van der Waals surface area contributed by atoms with Crippen molar-refractivity contribution in [1.82, 2.24) is 30.0 Å². The lowest BCUT2D eigenvalue weighted by molar-refractivity contribution is 0.440. The van der Waals surface area contributed by atoms with E-state index < -0.39 is 0 Å². The first-order valence-electron chi connectivity index (χ1n) is 10.1. The van der Waals surface area contributed by atoms with Crippen molar-refractivity contribution in [3.05, 3.63) is 90.1 Å². The van der Waals surface area contributed by atoms with Gasteiger partial charge in [0.15, 0.2) is 5.82 Å². The predicted molar refractivity (Wildman–Crippen MR) is 112 cm³/mol. The smallest absolute Gasteiger partial charge is 0.321 e. The maximum atomic E-state index is 5.66. The molecule has 7 heteroatoms. The number of nitrogens with zero attached hydrogens (tertiary/aromatic N) is 5. The number of pyridine rings is 1. The van der Waals surface area contributed by atoms with E-state index in [2.05, 4.69) is 37.5 Å². The molecule has 1 aliphatic carbocycles. The molecule has 0 amide bonds. The van der Waals surface area contributed by atoms with E-state index in [1.54, 1.807) is 24.7 Å². The van der Waals surface area contributed by atoms with Gasteiger partial charge in [-0.15, -0.1) is 0 Å². The second-order valence-electron chi connectivity index (χ2n) is 7.25. The minimum atomic E-state index is 0.292. The Bertz CT molecular complexity index is 1100. The van der Waals surface area contributed by atoms with Crippen LogP contribution in [0.25, 0.3) is 5.82 Å². The molecule has 4 aromatic rings. The molecule has 0 spiro atoms. The summed E-state index contributed by atoms with van der Waals surface area (Å²) < 4.78 is 7.63. The number of hydrogen-bond donors (Lipinski definition) is 1. The van der Waals surface area contributed by atoms with Crippen molar-refractivity contribution in [2.75, 3.05) is 0 Å². The first kappa shape index (κ1) is 18.4. The standard InChI is InChI=1S/C23H22N6O/c1-2-12-24-22(7-1)29-21-6-3-5-20(19(21)16-28-29)27-15-17-8-10-18(11-9-17)30-23-25-13-4-14-26-23/h1-2,4,7-14,16,20,27H,3,5-6,15H2/t20-/m0/s1. The van der Waals surface area contributed by atoms with Gasteiger partial charge in [-0.1, -0.05) is 18.2 Å².